The predicted octanol–water partition coefficient (Wildman–Crippen LogP) is 5.64. The van der Waals surface area contributed by atoms with Crippen LogP contribution in [0.2, 0.25) is 10.0 Å². The molecule has 2 aliphatic rings. The smallest absolute Gasteiger partial charge is 0.227 e. The zero-order valence-electron chi connectivity index (χ0n) is 18.3. The Morgan fingerprint density at radius 3 is 2.25 bits per heavy atom. The van der Waals surface area contributed by atoms with Crippen molar-refractivity contribution >= 4 is 45.9 Å². The van der Waals surface area contributed by atoms with E-state index in [2.05, 4.69) is 39.0 Å². The molecule has 5 rings (SSSR count). The van der Waals surface area contributed by atoms with Crippen LogP contribution in [0.5, 0.6) is 0 Å². The molecule has 3 aromatic rings. The summed E-state index contributed by atoms with van der Waals surface area (Å²) in [7, 11) is 0. The summed E-state index contributed by atoms with van der Waals surface area (Å²) in [5.41, 5.74) is 2.15. The predicted molar refractivity (Wildman–Crippen MR) is 134 cm³/mol. The van der Waals surface area contributed by atoms with Gasteiger partial charge < -0.3 is 9.80 Å². The van der Waals surface area contributed by atoms with Crippen molar-refractivity contribution in [2.45, 2.75) is 32.2 Å². The van der Waals surface area contributed by atoms with Crippen molar-refractivity contribution in [1.82, 2.24) is 14.9 Å². The normalized spacial score (nSPS) is 18.2. The largest absolute Gasteiger partial charge is 0.356 e. The van der Waals surface area contributed by atoms with Gasteiger partial charge in [-0.25, -0.2) is 4.98 Å². The Hall–Kier alpha value is -2.08. The lowest BCUT2D eigenvalue weighted by atomic mass is 10.2. The minimum atomic E-state index is 0.678. The number of rotatable bonds is 4. The second kappa shape index (κ2) is 9.82. The number of hydrogen-bond donors (Lipinski definition) is 0. The topological polar surface area (TPSA) is 35.5 Å². The van der Waals surface area contributed by atoms with E-state index in [1.54, 1.807) is 0 Å². The first-order chi connectivity index (χ1) is 15.7. The highest BCUT2D eigenvalue weighted by molar-refractivity contribution is 6.35. The first-order valence-corrected chi connectivity index (χ1v) is 12.4. The van der Waals surface area contributed by atoms with E-state index in [0.717, 1.165) is 79.1 Å². The summed E-state index contributed by atoms with van der Waals surface area (Å²) >= 11 is 12.4. The molecule has 2 aliphatic heterocycles. The minimum Gasteiger partial charge on any atom is -0.356 e. The molecule has 7 heteroatoms. The average molecular weight is 470 g/mol. The Labute approximate surface area is 199 Å². The van der Waals surface area contributed by atoms with Gasteiger partial charge in [-0.3, -0.25) is 4.90 Å². The molecular weight excluding hydrogens is 441 g/mol. The highest BCUT2D eigenvalue weighted by Gasteiger charge is 2.23. The van der Waals surface area contributed by atoms with Crippen molar-refractivity contribution in [1.29, 1.82) is 0 Å². The second-order valence-corrected chi connectivity index (χ2v) is 9.61. The summed E-state index contributed by atoms with van der Waals surface area (Å²) < 4.78 is 0. The molecule has 3 heterocycles. The molecule has 0 radical (unpaired) electrons. The first kappa shape index (κ1) is 21.7. The highest BCUT2D eigenvalue weighted by Crippen LogP contribution is 2.29. The van der Waals surface area contributed by atoms with E-state index in [4.69, 9.17) is 33.2 Å². The van der Waals surface area contributed by atoms with Gasteiger partial charge >= 0.3 is 0 Å². The summed E-state index contributed by atoms with van der Waals surface area (Å²) in [6, 6.07) is 14.2. The quantitative estimate of drug-likeness (QED) is 0.493. The maximum absolute atomic E-state index is 6.39. The Morgan fingerprint density at radius 2 is 1.50 bits per heavy atom. The van der Waals surface area contributed by atoms with Gasteiger partial charge in [-0.2, -0.15) is 4.98 Å². The Kier molecular flexibility index (Phi) is 6.67. The summed E-state index contributed by atoms with van der Waals surface area (Å²) in [5.74, 6) is 1.95. The summed E-state index contributed by atoms with van der Waals surface area (Å²) in [6.07, 6.45) is 5.09. The monoisotopic (exact) mass is 469 g/mol. The minimum absolute atomic E-state index is 0.678. The van der Waals surface area contributed by atoms with E-state index < -0.39 is 0 Å². The highest BCUT2D eigenvalue weighted by atomic mass is 35.5. The molecule has 2 saturated heterocycles. The van der Waals surface area contributed by atoms with Gasteiger partial charge in [0, 0.05) is 61.2 Å². The summed E-state index contributed by atoms with van der Waals surface area (Å²) in [6.45, 7) is 6.71. The van der Waals surface area contributed by atoms with E-state index in [0.29, 0.717) is 5.02 Å². The third kappa shape index (κ3) is 4.80. The molecule has 168 valence electrons. The number of hydrogen-bond acceptors (Lipinski definition) is 5. The molecule has 1 aromatic heterocycles. The van der Waals surface area contributed by atoms with Gasteiger partial charge in [-0.05, 0) is 42.7 Å². The number of aromatic nitrogens is 2. The van der Waals surface area contributed by atoms with Crippen LogP contribution in [0.1, 0.15) is 31.2 Å². The van der Waals surface area contributed by atoms with Gasteiger partial charge in [0.1, 0.15) is 5.82 Å². The first-order valence-electron chi connectivity index (χ1n) is 11.6. The van der Waals surface area contributed by atoms with Gasteiger partial charge in [-0.15, -0.1) is 0 Å². The molecule has 32 heavy (non-hydrogen) atoms. The lowest BCUT2D eigenvalue weighted by molar-refractivity contribution is 0.249. The Morgan fingerprint density at radius 1 is 0.750 bits per heavy atom. The third-order valence-corrected chi connectivity index (χ3v) is 7.13. The number of halogens is 2. The fourth-order valence-corrected chi connectivity index (χ4v) is 5.18. The number of fused-ring (bicyclic) bond motifs is 1. The van der Waals surface area contributed by atoms with Crippen LogP contribution in [0, 0.1) is 0 Å². The number of piperazine rings is 1. The van der Waals surface area contributed by atoms with Crippen LogP contribution >= 0.6 is 23.2 Å². The van der Waals surface area contributed by atoms with Crippen LogP contribution in [-0.2, 0) is 6.54 Å². The van der Waals surface area contributed by atoms with Crippen molar-refractivity contribution in [2.24, 2.45) is 0 Å². The molecule has 0 saturated carbocycles. The zero-order valence-corrected chi connectivity index (χ0v) is 19.8. The molecule has 0 N–H and O–H groups in total. The lowest BCUT2D eigenvalue weighted by Gasteiger charge is -2.35. The number of anilines is 2. The van der Waals surface area contributed by atoms with Crippen LogP contribution in [0.15, 0.2) is 42.5 Å². The van der Waals surface area contributed by atoms with Gasteiger partial charge in [0.2, 0.25) is 5.95 Å². The van der Waals surface area contributed by atoms with Crippen LogP contribution in [0.25, 0.3) is 10.9 Å². The number of benzene rings is 2. The fraction of sp³-hybridized carbons (Fsp3) is 0.440. The summed E-state index contributed by atoms with van der Waals surface area (Å²) in [4.78, 5) is 17.3. The molecular formula is C25H29Cl2N5. The molecule has 0 atom stereocenters. The van der Waals surface area contributed by atoms with Gasteiger partial charge in [0.05, 0.1) is 5.52 Å². The molecule has 0 amide bonds. The van der Waals surface area contributed by atoms with Gasteiger partial charge in [-0.1, -0.05) is 54.2 Å². The molecule has 0 spiro atoms. The Bertz CT molecular complexity index is 1070. The molecule has 2 aromatic carbocycles. The van der Waals surface area contributed by atoms with Crippen molar-refractivity contribution < 1.29 is 0 Å². The average Bonchev–Trinajstić information content (AvgIpc) is 3.10. The molecule has 2 fully saturated rings. The van der Waals surface area contributed by atoms with Crippen molar-refractivity contribution in [3.63, 3.8) is 0 Å². The van der Waals surface area contributed by atoms with Crippen LogP contribution in [0.3, 0.4) is 0 Å². The van der Waals surface area contributed by atoms with E-state index in [-0.39, 0.29) is 0 Å². The SMILES string of the molecule is Clc1ccc(CN2CCN(c3nc(N4CCCCCC4)c4ccccc4n3)CC2)c(Cl)c1. The molecule has 0 bridgehead atoms. The number of nitrogens with zero attached hydrogens (tertiary/aromatic N) is 5. The van der Waals surface area contributed by atoms with E-state index in [1.165, 1.54) is 25.7 Å². The lowest BCUT2D eigenvalue weighted by Crippen LogP contribution is -2.46. The van der Waals surface area contributed by atoms with E-state index in [1.807, 2.05) is 18.2 Å². The van der Waals surface area contributed by atoms with E-state index in [9.17, 15) is 0 Å². The van der Waals surface area contributed by atoms with Crippen molar-refractivity contribution in [2.75, 3.05) is 49.1 Å². The number of para-hydroxylation sites is 1. The summed E-state index contributed by atoms with van der Waals surface area (Å²) in [5, 5.41) is 2.58. The maximum Gasteiger partial charge on any atom is 0.227 e. The standard InChI is InChI=1S/C25H29Cl2N5/c26-20-10-9-19(22(27)17-20)18-30-13-15-32(16-14-30)25-28-23-8-4-3-7-21(23)24(29-25)31-11-5-1-2-6-12-31/h3-4,7-10,17H,1-2,5-6,11-16,18H2. The second-order valence-electron chi connectivity index (χ2n) is 8.76. The maximum atomic E-state index is 6.39. The third-order valence-electron chi connectivity index (χ3n) is 6.54. The zero-order chi connectivity index (χ0) is 21.9. The molecule has 0 aliphatic carbocycles. The van der Waals surface area contributed by atoms with Crippen molar-refractivity contribution in [3.8, 4) is 0 Å². The van der Waals surface area contributed by atoms with Crippen molar-refractivity contribution in [3.05, 3.63) is 58.1 Å². The molecule has 0 unspecified atom stereocenters. The van der Waals surface area contributed by atoms with Crippen LogP contribution in [-0.4, -0.2) is 54.1 Å². The van der Waals surface area contributed by atoms with Crippen LogP contribution in [0.4, 0.5) is 11.8 Å². The van der Waals surface area contributed by atoms with E-state index >= 15 is 0 Å². The van der Waals surface area contributed by atoms with Crippen LogP contribution < -0.4 is 9.80 Å². The fourth-order valence-electron chi connectivity index (χ4n) is 4.71. The Balaban J connectivity index is 1.34. The van der Waals surface area contributed by atoms with Gasteiger partial charge in [0.15, 0.2) is 0 Å². The molecule has 5 nitrogen and oxygen atoms in total. The van der Waals surface area contributed by atoms with Gasteiger partial charge in [0.25, 0.3) is 0 Å².